The smallest absolute Gasteiger partial charge is 0.416 e. The number of hydrogen-bond donors (Lipinski definition) is 1. The second kappa shape index (κ2) is 9.40. The molecule has 5 nitrogen and oxygen atoms in total. The SMILES string of the molecule is CC(=O)O.C[C@@H](c1ccc(C(F)(F)F)cc1)n1c2c(c3cc(F)cc(S(C)(=O)=O)c31)CCCC2. The van der Waals surface area contributed by atoms with E-state index in [9.17, 15) is 26.0 Å². The topological polar surface area (TPSA) is 76.4 Å². The summed E-state index contributed by atoms with van der Waals surface area (Å²) in [5.41, 5.74) is 2.17. The largest absolute Gasteiger partial charge is 0.481 e. The molecule has 3 aromatic rings. The molecule has 1 aliphatic rings. The Labute approximate surface area is 194 Å². The average molecular weight is 500 g/mol. The van der Waals surface area contributed by atoms with Crippen molar-refractivity contribution in [2.45, 2.75) is 56.6 Å². The van der Waals surface area contributed by atoms with Crippen LogP contribution in [0.2, 0.25) is 0 Å². The van der Waals surface area contributed by atoms with Crippen molar-refractivity contribution in [3.63, 3.8) is 0 Å². The van der Waals surface area contributed by atoms with Crippen molar-refractivity contribution in [2.75, 3.05) is 6.26 Å². The molecule has 1 aliphatic carbocycles. The Morgan fingerprint density at radius 3 is 2.18 bits per heavy atom. The van der Waals surface area contributed by atoms with Gasteiger partial charge in [0.1, 0.15) is 5.82 Å². The van der Waals surface area contributed by atoms with Gasteiger partial charge in [-0.1, -0.05) is 12.1 Å². The van der Waals surface area contributed by atoms with E-state index >= 15 is 0 Å². The minimum absolute atomic E-state index is 0.0920. The van der Waals surface area contributed by atoms with Crippen LogP contribution in [0.3, 0.4) is 0 Å². The minimum atomic E-state index is -4.43. The highest BCUT2D eigenvalue weighted by molar-refractivity contribution is 7.91. The van der Waals surface area contributed by atoms with Gasteiger partial charge in [-0.15, -0.1) is 0 Å². The number of fused-ring (bicyclic) bond motifs is 3. The van der Waals surface area contributed by atoms with Crippen LogP contribution in [-0.4, -0.2) is 30.3 Å². The van der Waals surface area contributed by atoms with E-state index in [4.69, 9.17) is 9.90 Å². The lowest BCUT2D eigenvalue weighted by atomic mass is 9.95. The van der Waals surface area contributed by atoms with E-state index in [0.29, 0.717) is 29.3 Å². The summed E-state index contributed by atoms with van der Waals surface area (Å²) in [7, 11) is -3.73. The van der Waals surface area contributed by atoms with Gasteiger partial charge in [0.15, 0.2) is 9.84 Å². The van der Waals surface area contributed by atoms with Crippen LogP contribution >= 0.6 is 0 Å². The molecular weight excluding hydrogens is 474 g/mol. The third-order valence-electron chi connectivity index (χ3n) is 5.84. The van der Waals surface area contributed by atoms with Crippen molar-refractivity contribution in [2.24, 2.45) is 0 Å². The Bertz CT molecular complexity index is 1320. The Hall–Kier alpha value is -2.88. The number of rotatable bonds is 3. The fraction of sp³-hybridized carbons (Fsp3) is 0.375. The summed E-state index contributed by atoms with van der Waals surface area (Å²) in [6.45, 7) is 2.91. The highest BCUT2D eigenvalue weighted by Crippen LogP contribution is 2.40. The standard InChI is InChI=1S/C22H21F4NO2S.C2H4O2/c1-13(14-7-9-15(10-8-14)22(24,25)26)27-19-6-4-3-5-17(19)18-11-16(23)12-20(21(18)27)30(2,28)29;1-2(3)4/h7-13H,3-6H2,1-2H3;1H3,(H,3,4)/t13-;/m0./s1. The van der Waals surface area contributed by atoms with E-state index in [-0.39, 0.29) is 4.90 Å². The van der Waals surface area contributed by atoms with Gasteiger partial charge in [0.05, 0.1) is 22.0 Å². The Kier molecular flexibility index (Phi) is 7.12. The van der Waals surface area contributed by atoms with Crippen molar-refractivity contribution in [1.29, 1.82) is 0 Å². The highest BCUT2D eigenvalue weighted by atomic mass is 32.2. The Balaban J connectivity index is 0.000000751. The monoisotopic (exact) mass is 499 g/mol. The number of halogens is 4. The lowest BCUT2D eigenvalue weighted by Gasteiger charge is -2.23. The molecule has 0 saturated heterocycles. The number of carbonyl (C=O) groups is 1. The van der Waals surface area contributed by atoms with Gasteiger partial charge < -0.3 is 9.67 Å². The number of aryl methyl sites for hydroxylation is 1. The fourth-order valence-corrected chi connectivity index (χ4v) is 5.33. The van der Waals surface area contributed by atoms with Gasteiger partial charge in [0.25, 0.3) is 5.97 Å². The first-order valence-corrected chi connectivity index (χ1v) is 12.5. The van der Waals surface area contributed by atoms with Crippen molar-refractivity contribution in [1.82, 2.24) is 4.57 Å². The molecule has 0 unspecified atom stereocenters. The number of sulfone groups is 1. The first-order chi connectivity index (χ1) is 15.7. The molecule has 184 valence electrons. The molecule has 0 aliphatic heterocycles. The van der Waals surface area contributed by atoms with E-state index in [1.807, 2.05) is 11.5 Å². The number of aliphatic carboxylic acids is 1. The van der Waals surface area contributed by atoms with Crippen LogP contribution in [-0.2, 0) is 33.6 Å². The Morgan fingerprint density at radius 1 is 1.09 bits per heavy atom. The third kappa shape index (κ3) is 5.27. The number of carboxylic acid groups (broad SMARTS) is 1. The van der Waals surface area contributed by atoms with Crippen molar-refractivity contribution < 1.29 is 35.9 Å². The van der Waals surface area contributed by atoms with Gasteiger partial charge in [0.2, 0.25) is 0 Å². The van der Waals surface area contributed by atoms with Crippen LogP contribution < -0.4 is 0 Å². The molecule has 0 saturated carbocycles. The van der Waals surface area contributed by atoms with Crippen LogP contribution in [0, 0.1) is 5.82 Å². The predicted octanol–water partition coefficient (Wildman–Crippen LogP) is 5.78. The molecule has 0 spiro atoms. The summed E-state index contributed by atoms with van der Waals surface area (Å²) < 4.78 is 80.0. The van der Waals surface area contributed by atoms with E-state index in [0.717, 1.165) is 55.5 Å². The molecule has 0 amide bonds. The highest BCUT2D eigenvalue weighted by Gasteiger charge is 2.31. The molecule has 10 heteroatoms. The van der Waals surface area contributed by atoms with Gasteiger partial charge in [-0.3, -0.25) is 4.79 Å². The van der Waals surface area contributed by atoms with E-state index in [1.54, 1.807) is 0 Å². The second-order valence-electron chi connectivity index (χ2n) is 8.39. The van der Waals surface area contributed by atoms with Gasteiger partial charge in [-0.25, -0.2) is 12.8 Å². The molecule has 1 heterocycles. The first-order valence-electron chi connectivity index (χ1n) is 10.6. The third-order valence-corrected chi connectivity index (χ3v) is 6.95. The second-order valence-corrected chi connectivity index (χ2v) is 10.4. The number of carboxylic acids is 1. The van der Waals surface area contributed by atoms with E-state index in [1.165, 1.54) is 18.2 Å². The van der Waals surface area contributed by atoms with Crippen LogP contribution in [0.5, 0.6) is 0 Å². The van der Waals surface area contributed by atoms with Crippen molar-refractivity contribution >= 4 is 26.7 Å². The summed E-state index contributed by atoms with van der Waals surface area (Å²) in [5, 5.41) is 7.99. The summed E-state index contributed by atoms with van der Waals surface area (Å²) >= 11 is 0. The van der Waals surface area contributed by atoms with Crippen LogP contribution in [0.1, 0.15) is 55.1 Å². The van der Waals surface area contributed by atoms with E-state index < -0.39 is 39.4 Å². The lowest BCUT2D eigenvalue weighted by molar-refractivity contribution is -0.137. The van der Waals surface area contributed by atoms with Crippen LogP contribution in [0.25, 0.3) is 10.9 Å². The number of hydrogen-bond acceptors (Lipinski definition) is 3. The molecule has 4 rings (SSSR count). The van der Waals surface area contributed by atoms with Crippen molar-refractivity contribution in [3.05, 3.63) is 64.6 Å². The first kappa shape index (κ1) is 25.7. The van der Waals surface area contributed by atoms with Gasteiger partial charge in [0, 0.05) is 24.3 Å². The maximum absolute atomic E-state index is 14.3. The molecule has 1 aromatic heterocycles. The summed E-state index contributed by atoms with van der Waals surface area (Å²) in [4.78, 5) is 8.91. The zero-order valence-corrected chi connectivity index (χ0v) is 19.7. The molecular formula is C24H25F4NO4S. The lowest BCUT2D eigenvalue weighted by Crippen LogP contribution is -2.15. The molecule has 34 heavy (non-hydrogen) atoms. The molecule has 2 aromatic carbocycles. The van der Waals surface area contributed by atoms with Gasteiger partial charge >= 0.3 is 6.18 Å². The summed E-state index contributed by atoms with van der Waals surface area (Å²) in [5.74, 6) is -1.45. The summed E-state index contributed by atoms with van der Waals surface area (Å²) in [6, 6.07) is 6.87. The molecule has 0 bridgehead atoms. The maximum atomic E-state index is 14.3. The number of alkyl halides is 3. The van der Waals surface area contributed by atoms with Crippen LogP contribution in [0.15, 0.2) is 41.3 Å². The minimum Gasteiger partial charge on any atom is -0.481 e. The van der Waals surface area contributed by atoms with Gasteiger partial charge in [-0.05, 0) is 68.0 Å². The van der Waals surface area contributed by atoms with Crippen LogP contribution in [0.4, 0.5) is 17.6 Å². The zero-order valence-electron chi connectivity index (χ0n) is 18.9. The molecule has 1 atom stereocenters. The van der Waals surface area contributed by atoms with E-state index in [2.05, 4.69) is 0 Å². The van der Waals surface area contributed by atoms with Crippen molar-refractivity contribution in [3.8, 4) is 0 Å². The molecule has 0 fully saturated rings. The normalized spacial score (nSPS) is 14.8. The Morgan fingerprint density at radius 2 is 1.65 bits per heavy atom. The number of aromatic nitrogens is 1. The molecule has 0 radical (unpaired) electrons. The number of benzene rings is 2. The predicted molar refractivity (Wildman–Crippen MR) is 120 cm³/mol. The average Bonchev–Trinajstić information content (AvgIpc) is 3.05. The zero-order chi connectivity index (χ0) is 25.4. The fourth-order valence-electron chi connectivity index (χ4n) is 4.44. The summed E-state index contributed by atoms with van der Waals surface area (Å²) in [6.07, 6.45) is -0.126. The quantitative estimate of drug-likeness (QED) is 0.464. The molecule has 1 N–H and O–H groups in total. The maximum Gasteiger partial charge on any atom is 0.416 e. The van der Waals surface area contributed by atoms with Gasteiger partial charge in [-0.2, -0.15) is 13.2 Å². The number of nitrogens with zero attached hydrogens (tertiary/aromatic N) is 1.